The number of likely N-dealkylation sites (tertiary alicyclic amines) is 1. The van der Waals surface area contributed by atoms with Gasteiger partial charge in [-0.15, -0.1) is 21.5 Å². The third-order valence-corrected chi connectivity index (χ3v) is 5.57. The molecule has 0 aromatic carbocycles. The van der Waals surface area contributed by atoms with Crippen LogP contribution >= 0.6 is 27.3 Å². The van der Waals surface area contributed by atoms with E-state index in [9.17, 15) is 0 Å². The van der Waals surface area contributed by atoms with Crippen LogP contribution in [0, 0.1) is 5.92 Å². The van der Waals surface area contributed by atoms with Crippen LogP contribution in [0.4, 0.5) is 0 Å². The first kappa shape index (κ1) is 15.1. The van der Waals surface area contributed by atoms with Crippen molar-refractivity contribution in [2.24, 2.45) is 11.7 Å². The Balaban J connectivity index is 1.69. The molecule has 1 aliphatic heterocycles. The molecule has 0 saturated carbocycles. The Morgan fingerprint density at radius 1 is 1.48 bits per heavy atom. The van der Waals surface area contributed by atoms with Gasteiger partial charge in [0.15, 0.2) is 0 Å². The minimum Gasteiger partial charge on any atom is -0.419 e. The molecule has 2 N–H and O–H groups in total. The van der Waals surface area contributed by atoms with Crippen LogP contribution in [-0.4, -0.2) is 34.2 Å². The zero-order valence-electron chi connectivity index (χ0n) is 12.0. The minimum atomic E-state index is 0.417. The number of hydrogen-bond acceptors (Lipinski definition) is 6. The highest BCUT2D eigenvalue weighted by atomic mass is 79.9. The highest BCUT2D eigenvalue weighted by Crippen LogP contribution is 2.31. The third kappa shape index (κ3) is 3.53. The van der Waals surface area contributed by atoms with Crippen molar-refractivity contribution in [3.05, 3.63) is 21.8 Å². The first-order valence-corrected chi connectivity index (χ1v) is 8.79. The summed E-state index contributed by atoms with van der Waals surface area (Å²) in [6.07, 6.45) is 2.35. The molecule has 2 aromatic heterocycles. The summed E-state index contributed by atoms with van der Waals surface area (Å²) in [6.45, 7) is 4.71. The van der Waals surface area contributed by atoms with Crippen molar-refractivity contribution < 1.29 is 4.42 Å². The van der Waals surface area contributed by atoms with Crippen LogP contribution in [0.5, 0.6) is 0 Å². The Morgan fingerprint density at radius 3 is 3.05 bits per heavy atom. The molecule has 3 rings (SSSR count). The summed E-state index contributed by atoms with van der Waals surface area (Å²) in [5.74, 6) is 2.01. The van der Waals surface area contributed by atoms with Crippen LogP contribution in [0.15, 0.2) is 20.3 Å². The van der Waals surface area contributed by atoms with Crippen molar-refractivity contribution in [3.8, 4) is 10.8 Å². The lowest BCUT2D eigenvalue weighted by Crippen LogP contribution is -2.45. The van der Waals surface area contributed by atoms with Crippen LogP contribution in [0.3, 0.4) is 0 Å². The Labute approximate surface area is 136 Å². The quantitative estimate of drug-likeness (QED) is 0.895. The third-order valence-electron chi connectivity index (χ3n) is 3.96. The fourth-order valence-corrected chi connectivity index (χ4v) is 4.08. The molecule has 0 spiro atoms. The van der Waals surface area contributed by atoms with Gasteiger partial charge >= 0.3 is 0 Å². The van der Waals surface area contributed by atoms with E-state index < -0.39 is 0 Å². The molecule has 2 unspecified atom stereocenters. The van der Waals surface area contributed by atoms with E-state index in [1.807, 2.05) is 12.1 Å². The highest BCUT2D eigenvalue weighted by Gasteiger charge is 2.26. The summed E-state index contributed by atoms with van der Waals surface area (Å²) in [4.78, 5) is 3.35. The number of rotatable bonds is 4. The van der Waals surface area contributed by atoms with Crippen LogP contribution in [0.2, 0.25) is 0 Å². The van der Waals surface area contributed by atoms with E-state index in [1.54, 1.807) is 11.3 Å². The van der Waals surface area contributed by atoms with Crippen molar-refractivity contribution in [2.45, 2.75) is 32.4 Å². The molecule has 3 heterocycles. The van der Waals surface area contributed by atoms with E-state index in [-0.39, 0.29) is 0 Å². The van der Waals surface area contributed by atoms with Gasteiger partial charge in [-0.25, -0.2) is 0 Å². The van der Waals surface area contributed by atoms with Gasteiger partial charge in [0.25, 0.3) is 5.89 Å². The van der Waals surface area contributed by atoms with Crippen LogP contribution in [0.1, 0.15) is 25.7 Å². The maximum atomic E-state index is 5.90. The molecule has 0 radical (unpaired) electrons. The predicted molar refractivity (Wildman–Crippen MR) is 87.0 cm³/mol. The minimum absolute atomic E-state index is 0.417. The fourth-order valence-electron chi connectivity index (χ4n) is 2.77. The summed E-state index contributed by atoms with van der Waals surface area (Å²) >= 11 is 5.04. The molecule has 0 bridgehead atoms. The Kier molecular flexibility index (Phi) is 4.73. The van der Waals surface area contributed by atoms with Crippen molar-refractivity contribution in [3.63, 3.8) is 0 Å². The number of nitrogens with zero attached hydrogens (tertiary/aromatic N) is 3. The predicted octanol–water partition coefficient (Wildman–Crippen LogP) is 3.12. The maximum absolute atomic E-state index is 5.90. The van der Waals surface area contributed by atoms with E-state index in [0.29, 0.717) is 30.9 Å². The normalized spacial score (nSPS) is 23.6. The first-order chi connectivity index (χ1) is 10.2. The van der Waals surface area contributed by atoms with E-state index >= 15 is 0 Å². The van der Waals surface area contributed by atoms with Gasteiger partial charge in [0.2, 0.25) is 5.89 Å². The molecule has 0 aliphatic carbocycles. The second kappa shape index (κ2) is 6.56. The molecular weight excluding hydrogens is 352 g/mol. The van der Waals surface area contributed by atoms with E-state index in [2.05, 4.69) is 38.0 Å². The summed E-state index contributed by atoms with van der Waals surface area (Å²) < 4.78 is 6.85. The number of piperidine rings is 1. The SMILES string of the molecule is CC1CCN(Cc2nnc(-c3ccc(Br)s3)o2)C(CN)C1. The average Bonchev–Trinajstić information content (AvgIpc) is 3.09. The summed E-state index contributed by atoms with van der Waals surface area (Å²) in [6, 6.07) is 4.39. The molecular formula is C14H19BrN4OS. The monoisotopic (exact) mass is 370 g/mol. The number of nitrogens with two attached hydrogens (primary N) is 1. The van der Waals surface area contributed by atoms with Crippen molar-refractivity contribution in [1.29, 1.82) is 0 Å². The lowest BCUT2D eigenvalue weighted by atomic mass is 9.92. The van der Waals surface area contributed by atoms with E-state index in [0.717, 1.165) is 27.5 Å². The van der Waals surface area contributed by atoms with Gasteiger partial charge in [0.1, 0.15) is 0 Å². The van der Waals surface area contributed by atoms with Gasteiger partial charge < -0.3 is 10.2 Å². The summed E-state index contributed by atoms with van der Waals surface area (Å²) in [5, 5.41) is 8.32. The molecule has 1 fully saturated rings. The van der Waals surface area contributed by atoms with Gasteiger partial charge in [-0.3, -0.25) is 4.90 Å². The van der Waals surface area contributed by atoms with Crippen LogP contribution < -0.4 is 5.73 Å². The smallest absolute Gasteiger partial charge is 0.257 e. The molecule has 1 aliphatic rings. The molecule has 2 atom stereocenters. The molecule has 114 valence electrons. The number of hydrogen-bond donors (Lipinski definition) is 1. The maximum Gasteiger partial charge on any atom is 0.257 e. The van der Waals surface area contributed by atoms with Crippen molar-refractivity contribution >= 4 is 27.3 Å². The molecule has 5 nitrogen and oxygen atoms in total. The topological polar surface area (TPSA) is 68.2 Å². The Bertz CT molecular complexity index is 599. The van der Waals surface area contributed by atoms with Crippen LogP contribution in [0.25, 0.3) is 10.8 Å². The molecule has 7 heteroatoms. The number of halogens is 1. The van der Waals surface area contributed by atoms with Gasteiger partial charge in [-0.1, -0.05) is 6.92 Å². The second-order valence-corrected chi connectivity index (χ2v) is 8.06. The largest absolute Gasteiger partial charge is 0.419 e. The number of aromatic nitrogens is 2. The van der Waals surface area contributed by atoms with E-state index in [4.69, 9.17) is 10.2 Å². The lowest BCUT2D eigenvalue weighted by Gasteiger charge is -2.36. The Morgan fingerprint density at radius 2 is 2.33 bits per heavy atom. The molecule has 0 amide bonds. The van der Waals surface area contributed by atoms with Crippen molar-refractivity contribution in [1.82, 2.24) is 15.1 Å². The Hall–Kier alpha value is -0.760. The molecule has 2 aromatic rings. The zero-order chi connectivity index (χ0) is 14.8. The molecule has 1 saturated heterocycles. The summed E-state index contributed by atoms with van der Waals surface area (Å²) in [7, 11) is 0. The standard InChI is InChI=1S/C14H19BrN4OS/c1-9-4-5-19(10(6-9)7-16)8-13-17-18-14(20-13)11-2-3-12(15)21-11/h2-3,9-10H,4-8,16H2,1H3. The summed E-state index contributed by atoms with van der Waals surface area (Å²) in [5.41, 5.74) is 5.90. The fraction of sp³-hybridized carbons (Fsp3) is 0.571. The van der Waals surface area contributed by atoms with E-state index in [1.165, 1.54) is 6.42 Å². The van der Waals surface area contributed by atoms with Gasteiger partial charge in [-0.05, 0) is 53.4 Å². The van der Waals surface area contributed by atoms with Crippen molar-refractivity contribution in [2.75, 3.05) is 13.1 Å². The highest BCUT2D eigenvalue weighted by molar-refractivity contribution is 9.11. The molecule has 21 heavy (non-hydrogen) atoms. The number of thiophene rings is 1. The average molecular weight is 371 g/mol. The van der Waals surface area contributed by atoms with Crippen LogP contribution in [-0.2, 0) is 6.54 Å². The van der Waals surface area contributed by atoms with Gasteiger partial charge in [-0.2, -0.15) is 0 Å². The lowest BCUT2D eigenvalue weighted by molar-refractivity contribution is 0.105. The van der Waals surface area contributed by atoms with Gasteiger partial charge in [0.05, 0.1) is 15.2 Å². The second-order valence-electron chi connectivity index (χ2n) is 5.59. The van der Waals surface area contributed by atoms with Gasteiger partial charge in [0, 0.05) is 12.6 Å². The first-order valence-electron chi connectivity index (χ1n) is 7.18. The zero-order valence-corrected chi connectivity index (χ0v) is 14.4.